The van der Waals surface area contributed by atoms with E-state index < -0.39 is 0 Å². The first-order valence-corrected chi connectivity index (χ1v) is 7.15. The maximum absolute atomic E-state index is 11.7. The minimum absolute atomic E-state index is 0.0204. The Hall–Kier alpha value is -1.55. The summed E-state index contributed by atoms with van der Waals surface area (Å²) in [5, 5.41) is 6.04. The number of nitrogens with one attached hydrogen (secondary N) is 2. The number of hydrogen-bond donors (Lipinski definition) is 2. The largest absolute Gasteiger partial charge is 0.371 e. The molecule has 0 atom stereocenters. The first kappa shape index (κ1) is 13.9. The van der Waals surface area contributed by atoms with Crippen molar-refractivity contribution >= 4 is 17.3 Å². The van der Waals surface area contributed by atoms with Crippen molar-refractivity contribution in [1.29, 1.82) is 0 Å². The molecule has 2 rings (SSSR count). The summed E-state index contributed by atoms with van der Waals surface area (Å²) in [6.07, 6.45) is 3.56. The molecule has 0 bridgehead atoms. The van der Waals surface area contributed by atoms with Crippen LogP contribution in [0.3, 0.4) is 0 Å². The highest BCUT2D eigenvalue weighted by Gasteiger charge is 2.12. The lowest BCUT2D eigenvalue weighted by Crippen LogP contribution is -2.28. The molecular weight excluding hydrogens is 238 g/mol. The fraction of sp³-hybridized carbons (Fsp3) is 0.533. The molecule has 19 heavy (non-hydrogen) atoms. The van der Waals surface area contributed by atoms with Crippen molar-refractivity contribution in [2.24, 2.45) is 0 Å². The predicted octanol–water partition coefficient (Wildman–Crippen LogP) is 2.22. The lowest BCUT2D eigenvalue weighted by atomic mass is 10.2. The van der Waals surface area contributed by atoms with Gasteiger partial charge in [0.25, 0.3) is 0 Å². The molecule has 1 aromatic carbocycles. The molecule has 1 aromatic rings. The van der Waals surface area contributed by atoms with Gasteiger partial charge in [-0.1, -0.05) is 13.0 Å². The van der Waals surface area contributed by atoms with Crippen LogP contribution in [0.4, 0.5) is 11.4 Å². The van der Waals surface area contributed by atoms with Crippen LogP contribution in [-0.2, 0) is 4.79 Å². The molecule has 0 unspecified atom stereocenters. The standard InChI is InChI=1S/C15H23N3O/c1-2-8-16-12-15(19)17-13-6-5-7-14(11-13)18-9-3-4-10-18/h5-7,11,16H,2-4,8-10,12H2,1H3,(H,17,19). The molecular formula is C15H23N3O. The number of carbonyl (C=O) groups is 1. The van der Waals surface area contributed by atoms with Crippen molar-refractivity contribution in [3.63, 3.8) is 0 Å². The summed E-state index contributed by atoms with van der Waals surface area (Å²) in [5.41, 5.74) is 2.09. The smallest absolute Gasteiger partial charge is 0.238 e. The highest BCUT2D eigenvalue weighted by Crippen LogP contribution is 2.23. The Morgan fingerprint density at radius 3 is 2.84 bits per heavy atom. The van der Waals surface area contributed by atoms with Crippen molar-refractivity contribution in [3.05, 3.63) is 24.3 Å². The van der Waals surface area contributed by atoms with Crippen molar-refractivity contribution in [2.75, 3.05) is 36.4 Å². The molecule has 1 fully saturated rings. The Balaban J connectivity index is 1.89. The van der Waals surface area contributed by atoms with Gasteiger partial charge in [-0.05, 0) is 44.0 Å². The van der Waals surface area contributed by atoms with Gasteiger partial charge >= 0.3 is 0 Å². The molecule has 104 valence electrons. The van der Waals surface area contributed by atoms with Crippen LogP contribution in [0.15, 0.2) is 24.3 Å². The van der Waals surface area contributed by atoms with E-state index in [4.69, 9.17) is 0 Å². The Morgan fingerprint density at radius 1 is 1.32 bits per heavy atom. The maximum Gasteiger partial charge on any atom is 0.238 e. The summed E-state index contributed by atoms with van der Waals surface area (Å²) in [6.45, 7) is 5.58. The van der Waals surface area contributed by atoms with Gasteiger partial charge in [0.2, 0.25) is 5.91 Å². The lowest BCUT2D eigenvalue weighted by Gasteiger charge is -2.18. The third kappa shape index (κ3) is 4.24. The molecule has 2 N–H and O–H groups in total. The monoisotopic (exact) mass is 261 g/mol. The number of benzene rings is 1. The van der Waals surface area contributed by atoms with Gasteiger partial charge in [0.05, 0.1) is 6.54 Å². The third-order valence-electron chi connectivity index (χ3n) is 3.31. The zero-order valence-electron chi connectivity index (χ0n) is 11.6. The first-order valence-electron chi connectivity index (χ1n) is 7.15. The van der Waals surface area contributed by atoms with Gasteiger partial charge in [-0.15, -0.1) is 0 Å². The third-order valence-corrected chi connectivity index (χ3v) is 3.31. The van der Waals surface area contributed by atoms with Crippen LogP contribution >= 0.6 is 0 Å². The van der Waals surface area contributed by atoms with Gasteiger partial charge in [-0.3, -0.25) is 4.79 Å². The second-order valence-corrected chi connectivity index (χ2v) is 4.97. The second-order valence-electron chi connectivity index (χ2n) is 4.97. The van der Waals surface area contributed by atoms with E-state index in [-0.39, 0.29) is 5.91 Å². The average molecular weight is 261 g/mol. The van der Waals surface area contributed by atoms with E-state index in [9.17, 15) is 4.79 Å². The summed E-state index contributed by atoms with van der Waals surface area (Å²) >= 11 is 0. The Kier molecular flexibility index (Phi) is 5.21. The molecule has 1 saturated heterocycles. The van der Waals surface area contributed by atoms with Gasteiger partial charge < -0.3 is 15.5 Å². The fourth-order valence-electron chi connectivity index (χ4n) is 2.34. The van der Waals surface area contributed by atoms with Gasteiger partial charge in [0.1, 0.15) is 0 Å². The van der Waals surface area contributed by atoms with E-state index in [1.54, 1.807) is 0 Å². The van der Waals surface area contributed by atoms with Crippen molar-refractivity contribution in [2.45, 2.75) is 26.2 Å². The van der Waals surface area contributed by atoms with Gasteiger partial charge in [0.15, 0.2) is 0 Å². The van der Waals surface area contributed by atoms with Gasteiger partial charge in [0, 0.05) is 24.5 Å². The van der Waals surface area contributed by atoms with E-state index in [1.165, 1.54) is 18.5 Å². The molecule has 0 spiro atoms. The molecule has 4 heteroatoms. The number of anilines is 2. The molecule has 0 saturated carbocycles. The van der Waals surface area contributed by atoms with E-state index in [1.807, 2.05) is 12.1 Å². The zero-order chi connectivity index (χ0) is 13.5. The van der Waals surface area contributed by atoms with Gasteiger partial charge in [-0.25, -0.2) is 0 Å². The highest BCUT2D eigenvalue weighted by atomic mass is 16.1. The van der Waals surface area contributed by atoms with Crippen molar-refractivity contribution in [1.82, 2.24) is 5.32 Å². The zero-order valence-corrected chi connectivity index (χ0v) is 11.6. The summed E-state index contributed by atoms with van der Waals surface area (Å²) in [5.74, 6) is 0.0204. The molecule has 1 heterocycles. The predicted molar refractivity (Wildman–Crippen MR) is 79.7 cm³/mol. The topological polar surface area (TPSA) is 44.4 Å². The molecule has 1 amide bonds. The summed E-state index contributed by atoms with van der Waals surface area (Å²) in [7, 11) is 0. The van der Waals surface area contributed by atoms with Crippen LogP contribution in [0.2, 0.25) is 0 Å². The van der Waals surface area contributed by atoms with Crippen molar-refractivity contribution < 1.29 is 4.79 Å². The van der Waals surface area contributed by atoms with Crippen LogP contribution in [0, 0.1) is 0 Å². The van der Waals surface area contributed by atoms with Crippen LogP contribution in [0.1, 0.15) is 26.2 Å². The lowest BCUT2D eigenvalue weighted by molar-refractivity contribution is -0.115. The van der Waals surface area contributed by atoms with Crippen LogP contribution < -0.4 is 15.5 Å². The molecule has 0 aromatic heterocycles. The minimum Gasteiger partial charge on any atom is -0.371 e. The fourth-order valence-corrected chi connectivity index (χ4v) is 2.34. The highest BCUT2D eigenvalue weighted by molar-refractivity contribution is 5.92. The molecule has 4 nitrogen and oxygen atoms in total. The molecule has 1 aliphatic heterocycles. The summed E-state index contributed by atoms with van der Waals surface area (Å²) in [6, 6.07) is 8.11. The van der Waals surface area contributed by atoms with E-state index in [0.29, 0.717) is 6.54 Å². The SMILES string of the molecule is CCCNCC(=O)Nc1cccc(N2CCCC2)c1. The van der Waals surface area contributed by atoms with Crippen LogP contribution in [0.25, 0.3) is 0 Å². The Labute approximate surface area is 115 Å². The Morgan fingerprint density at radius 2 is 2.11 bits per heavy atom. The normalized spacial score (nSPS) is 14.7. The second kappa shape index (κ2) is 7.14. The van der Waals surface area contributed by atoms with Gasteiger partial charge in [-0.2, -0.15) is 0 Å². The quantitative estimate of drug-likeness (QED) is 0.772. The number of hydrogen-bond acceptors (Lipinski definition) is 3. The Bertz CT molecular complexity index is 414. The van der Waals surface area contributed by atoms with E-state index in [2.05, 4.69) is 34.6 Å². The average Bonchev–Trinajstić information content (AvgIpc) is 2.93. The minimum atomic E-state index is 0.0204. The summed E-state index contributed by atoms with van der Waals surface area (Å²) < 4.78 is 0. The van der Waals surface area contributed by atoms with E-state index >= 15 is 0 Å². The van der Waals surface area contributed by atoms with E-state index in [0.717, 1.165) is 31.7 Å². The number of rotatable bonds is 6. The van der Waals surface area contributed by atoms with Crippen LogP contribution in [0.5, 0.6) is 0 Å². The number of nitrogens with zero attached hydrogens (tertiary/aromatic N) is 1. The first-order chi connectivity index (χ1) is 9.29. The number of amides is 1. The maximum atomic E-state index is 11.7. The molecule has 0 aliphatic carbocycles. The van der Waals surface area contributed by atoms with Crippen LogP contribution in [-0.4, -0.2) is 32.1 Å². The number of carbonyl (C=O) groups excluding carboxylic acids is 1. The summed E-state index contributed by atoms with van der Waals surface area (Å²) in [4.78, 5) is 14.1. The molecule has 1 aliphatic rings. The molecule has 0 radical (unpaired) electrons. The van der Waals surface area contributed by atoms with Crippen molar-refractivity contribution in [3.8, 4) is 0 Å².